The van der Waals surface area contributed by atoms with Crippen LogP contribution in [0.15, 0.2) is 0 Å². The largest absolute Gasteiger partial charge is 0.412 e. The molecule has 0 amide bonds. The summed E-state index contributed by atoms with van der Waals surface area (Å²) in [7, 11) is 0. The molecule has 0 saturated heterocycles. The molecular formula is H36O18Ti. The molecule has 148 valence electrons. The molecule has 0 bridgehead atoms. The molecule has 0 heterocycles. The topological polar surface area (TPSA) is 567 Å². The summed E-state index contributed by atoms with van der Waals surface area (Å²) in [4.78, 5) is 0. The molecule has 0 rings (SSSR count). The summed E-state index contributed by atoms with van der Waals surface area (Å²) < 4.78 is 0. The minimum absolute atomic E-state index is 0. The molecule has 0 radical (unpaired) electrons. The van der Waals surface area contributed by atoms with Crippen LogP contribution >= 0.6 is 0 Å². The van der Waals surface area contributed by atoms with Crippen molar-refractivity contribution in [2.45, 2.75) is 0 Å². The van der Waals surface area contributed by atoms with Crippen molar-refractivity contribution in [3.05, 3.63) is 0 Å². The standard InChI is InChI=1S/18H2O.Ti/h18*1H2;. The molecule has 0 saturated carbocycles. The number of rotatable bonds is 0. The van der Waals surface area contributed by atoms with Crippen LogP contribution in [0.4, 0.5) is 0 Å². The van der Waals surface area contributed by atoms with Crippen molar-refractivity contribution in [1.29, 1.82) is 0 Å². The van der Waals surface area contributed by atoms with Crippen LogP contribution in [-0.4, -0.2) is 98.6 Å². The van der Waals surface area contributed by atoms with E-state index in [9.17, 15) is 0 Å². The monoisotopic (exact) mass is 372 g/mol. The first-order valence-electron chi connectivity index (χ1n) is 0. The average Bonchev–Trinajstić information content (AvgIpc) is 0. The van der Waals surface area contributed by atoms with E-state index in [0.717, 1.165) is 0 Å². The Morgan fingerprint density at radius 2 is 0.105 bits per heavy atom. The van der Waals surface area contributed by atoms with Gasteiger partial charge in [-0.1, -0.05) is 0 Å². The Labute approximate surface area is 121 Å². The van der Waals surface area contributed by atoms with E-state index in [1.54, 1.807) is 0 Å². The third-order valence-corrected chi connectivity index (χ3v) is 0. The molecule has 0 aromatic carbocycles. The predicted molar refractivity (Wildman–Crippen MR) is 65.0 cm³/mol. The van der Waals surface area contributed by atoms with Gasteiger partial charge < -0.3 is 98.6 Å². The van der Waals surface area contributed by atoms with Gasteiger partial charge in [0, 0.05) is 21.7 Å². The van der Waals surface area contributed by atoms with Crippen molar-refractivity contribution >= 4 is 0 Å². The minimum Gasteiger partial charge on any atom is -0.412 e. The van der Waals surface area contributed by atoms with Gasteiger partial charge in [-0.15, -0.1) is 0 Å². The van der Waals surface area contributed by atoms with Gasteiger partial charge in [0.2, 0.25) is 0 Å². The zero-order valence-corrected chi connectivity index (χ0v) is 11.1. The smallest absolute Gasteiger partial charge is 0 e. The summed E-state index contributed by atoms with van der Waals surface area (Å²) >= 11 is 0. The van der Waals surface area contributed by atoms with Gasteiger partial charge in [-0.2, -0.15) is 0 Å². The Hall–Kier alpha value is -0.00571. The molecular weight excluding hydrogens is 336 g/mol. The maximum absolute atomic E-state index is 0. The van der Waals surface area contributed by atoms with Gasteiger partial charge in [-0.3, -0.25) is 0 Å². The first-order valence-corrected chi connectivity index (χ1v) is 0. The zero-order chi connectivity index (χ0) is 0. The molecule has 0 aliphatic rings. The molecule has 0 unspecified atom stereocenters. The molecule has 0 atom stereocenters. The molecule has 0 aromatic rings. The maximum atomic E-state index is 0. The fraction of sp³-hybridized carbons (Fsp3) is 0. The van der Waals surface area contributed by atoms with Gasteiger partial charge in [0.1, 0.15) is 0 Å². The SMILES string of the molecule is O.O.O.O.O.O.O.O.O.O.O.O.O.O.O.O.O.O.[Ti]. The zero-order valence-electron chi connectivity index (χ0n) is 9.50. The predicted octanol–water partition coefficient (Wildman–Crippen LogP) is -14.8. The van der Waals surface area contributed by atoms with Crippen LogP contribution in [0, 0.1) is 0 Å². The average molecular weight is 372 g/mol. The maximum Gasteiger partial charge on any atom is 0 e. The molecule has 0 aliphatic heterocycles. The quantitative estimate of drug-likeness (QED) is 0.357. The van der Waals surface area contributed by atoms with Crippen molar-refractivity contribution in [2.75, 3.05) is 0 Å². The van der Waals surface area contributed by atoms with Crippen LogP contribution in [0.5, 0.6) is 0 Å². The van der Waals surface area contributed by atoms with E-state index in [4.69, 9.17) is 0 Å². The summed E-state index contributed by atoms with van der Waals surface area (Å²) in [6, 6.07) is 0. The van der Waals surface area contributed by atoms with Crippen LogP contribution in [0.2, 0.25) is 0 Å². The molecule has 0 aromatic heterocycles. The van der Waals surface area contributed by atoms with Gasteiger partial charge in [-0.25, -0.2) is 0 Å². The Balaban J connectivity index is 0. The first-order chi connectivity index (χ1) is 0. The minimum atomic E-state index is 0. The Bertz CT molecular complexity index is 5.65. The van der Waals surface area contributed by atoms with Crippen molar-refractivity contribution in [3.63, 3.8) is 0 Å². The van der Waals surface area contributed by atoms with E-state index in [1.807, 2.05) is 0 Å². The molecule has 0 spiro atoms. The van der Waals surface area contributed by atoms with Gasteiger partial charge >= 0.3 is 0 Å². The second kappa shape index (κ2) is 159000000. The van der Waals surface area contributed by atoms with E-state index in [1.165, 1.54) is 0 Å². The van der Waals surface area contributed by atoms with E-state index in [-0.39, 0.29) is 120 Å². The van der Waals surface area contributed by atoms with Crippen molar-refractivity contribution in [1.82, 2.24) is 0 Å². The summed E-state index contributed by atoms with van der Waals surface area (Å²) in [6.45, 7) is 0. The van der Waals surface area contributed by atoms with E-state index in [0.29, 0.717) is 0 Å². The summed E-state index contributed by atoms with van der Waals surface area (Å²) in [5, 5.41) is 0. The van der Waals surface area contributed by atoms with E-state index >= 15 is 0 Å². The van der Waals surface area contributed by atoms with Crippen LogP contribution in [0.1, 0.15) is 0 Å². The van der Waals surface area contributed by atoms with Gasteiger partial charge in [0.15, 0.2) is 0 Å². The second-order valence-electron chi connectivity index (χ2n) is 0. The fourth-order valence-electron chi connectivity index (χ4n) is 0. The first kappa shape index (κ1) is 188000000. The molecule has 18 nitrogen and oxygen atoms in total. The van der Waals surface area contributed by atoms with Gasteiger partial charge in [-0.05, 0) is 0 Å². The molecule has 19 heavy (non-hydrogen) atoms. The number of hydrogen-bond acceptors (Lipinski definition) is 0. The van der Waals surface area contributed by atoms with E-state index in [2.05, 4.69) is 0 Å². The third kappa shape index (κ3) is 141000000. The summed E-state index contributed by atoms with van der Waals surface area (Å²) in [5.41, 5.74) is 0. The van der Waals surface area contributed by atoms with Crippen LogP contribution in [-0.2, 0) is 21.7 Å². The van der Waals surface area contributed by atoms with Crippen molar-refractivity contribution < 1.29 is 120 Å². The van der Waals surface area contributed by atoms with Gasteiger partial charge in [0.05, 0.1) is 0 Å². The Morgan fingerprint density at radius 1 is 0.105 bits per heavy atom. The van der Waals surface area contributed by atoms with Crippen LogP contribution < -0.4 is 0 Å². The molecule has 0 fully saturated rings. The molecule has 19 heteroatoms. The summed E-state index contributed by atoms with van der Waals surface area (Å²) in [6.07, 6.45) is 0. The van der Waals surface area contributed by atoms with Gasteiger partial charge in [0.25, 0.3) is 0 Å². The second-order valence-corrected chi connectivity index (χ2v) is 0. The third-order valence-electron chi connectivity index (χ3n) is 0. The normalized spacial score (nSPS) is 0. The van der Waals surface area contributed by atoms with Crippen molar-refractivity contribution in [3.8, 4) is 0 Å². The van der Waals surface area contributed by atoms with Crippen LogP contribution in [0.3, 0.4) is 0 Å². The Kier molecular flexibility index (Phi) is 1580000000000000. The molecule has 36 N–H and O–H groups in total. The summed E-state index contributed by atoms with van der Waals surface area (Å²) in [5.74, 6) is 0. The number of hydrogen-bond donors (Lipinski definition) is 0. The van der Waals surface area contributed by atoms with Crippen molar-refractivity contribution in [2.24, 2.45) is 0 Å². The molecule has 0 aliphatic carbocycles. The fourth-order valence-corrected chi connectivity index (χ4v) is 0. The van der Waals surface area contributed by atoms with E-state index < -0.39 is 0 Å². The van der Waals surface area contributed by atoms with Crippen LogP contribution in [0.25, 0.3) is 0 Å². The Morgan fingerprint density at radius 3 is 0.105 bits per heavy atom.